The molecule has 102 valence electrons. The van der Waals surface area contributed by atoms with Gasteiger partial charge in [-0.15, -0.1) is 0 Å². The highest BCUT2D eigenvalue weighted by molar-refractivity contribution is 5.11. The topological polar surface area (TPSA) is 45.0 Å². The Morgan fingerprint density at radius 2 is 2.17 bits per heavy atom. The molecular weight excluding hydrogens is 224 g/mol. The molecule has 0 aromatic heterocycles. The summed E-state index contributed by atoms with van der Waals surface area (Å²) in [6, 6.07) is 2.42. The van der Waals surface area contributed by atoms with Gasteiger partial charge in [0.2, 0.25) is 0 Å². The number of rotatable bonds is 4. The van der Waals surface area contributed by atoms with Crippen molar-refractivity contribution in [2.75, 3.05) is 7.05 Å². The van der Waals surface area contributed by atoms with Gasteiger partial charge in [-0.25, -0.2) is 0 Å². The molecule has 0 radical (unpaired) electrons. The lowest BCUT2D eigenvalue weighted by Gasteiger charge is -2.31. The SMILES string of the molecule is CCC1CCCC(OC2CCC(C#N)(NC)C2)C1. The lowest BCUT2D eigenvalue weighted by Crippen LogP contribution is -2.39. The van der Waals surface area contributed by atoms with E-state index in [1.54, 1.807) is 0 Å². The molecule has 0 aromatic carbocycles. The van der Waals surface area contributed by atoms with Crippen molar-refractivity contribution in [1.82, 2.24) is 5.32 Å². The lowest BCUT2D eigenvalue weighted by molar-refractivity contribution is -0.0388. The number of nitrogens with zero attached hydrogens (tertiary/aromatic N) is 1. The first-order chi connectivity index (χ1) is 8.71. The average molecular weight is 250 g/mol. The van der Waals surface area contributed by atoms with Crippen molar-refractivity contribution < 1.29 is 4.74 Å². The number of nitrogens with one attached hydrogen (secondary N) is 1. The Hall–Kier alpha value is -0.590. The summed E-state index contributed by atoms with van der Waals surface area (Å²) in [7, 11) is 1.89. The fourth-order valence-corrected chi connectivity index (χ4v) is 3.51. The van der Waals surface area contributed by atoms with Gasteiger partial charge in [0.25, 0.3) is 0 Å². The summed E-state index contributed by atoms with van der Waals surface area (Å²) >= 11 is 0. The second kappa shape index (κ2) is 6.04. The highest BCUT2D eigenvalue weighted by atomic mass is 16.5. The van der Waals surface area contributed by atoms with E-state index in [4.69, 9.17) is 4.74 Å². The van der Waals surface area contributed by atoms with E-state index in [-0.39, 0.29) is 11.6 Å². The van der Waals surface area contributed by atoms with Crippen LogP contribution >= 0.6 is 0 Å². The number of nitriles is 1. The van der Waals surface area contributed by atoms with E-state index in [1.165, 1.54) is 32.1 Å². The Morgan fingerprint density at radius 1 is 1.33 bits per heavy atom. The Bertz CT molecular complexity index is 312. The monoisotopic (exact) mass is 250 g/mol. The van der Waals surface area contributed by atoms with Crippen molar-refractivity contribution in [2.24, 2.45) is 5.92 Å². The van der Waals surface area contributed by atoms with E-state index in [2.05, 4.69) is 18.3 Å². The molecule has 0 heterocycles. The largest absolute Gasteiger partial charge is 0.375 e. The molecule has 0 aromatic rings. The van der Waals surface area contributed by atoms with Gasteiger partial charge in [0.1, 0.15) is 5.54 Å². The van der Waals surface area contributed by atoms with Crippen molar-refractivity contribution in [2.45, 2.75) is 76.0 Å². The van der Waals surface area contributed by atoms with Crippen LogP contribution in [-0.2, 0) is 4.74 Å². The minimum Gasteiger partial charge on any atom is -0.375 e. The molecule has 0 saturated heterocycles. The van der Waals surface area contributed by atoms with E-state index in [0.29, 0.717) is 6.10 Å². The summed E-state index contributed by atoms with van der Waals surface area (Å²) in [5.74, 6) is 0.857. The van der Waals surface area contributed by atoms with Crippen molar-refractivity contribution in [3.05, 3.63) is 0 Å². The summed E-state index contributed by atoms with van der Waals surface area (Å²) in [4.78, 5) is 0. The summed E-state index contributed by atoms with van der Waals surface area (Å²) in [5.41, 5.74) is -0.330. The van der Waals surface area contributed by atoms with Gasteiger partial charge in [-0.2, -0.15) is 5.26 Å². The molecule has 2 aliphatic rings. The zero-order valence-electron chi connectivity index (χ0n) is 11.7. The maximum Gasteiger partial charge on any atom is 0.109 e. The lowest BCUT2D eigenvalue weighted by atomic mass is 9.85. The highest BCUT2D eigenvalue weighted by Crippen LogP contribution is 2.35. The van der Waals surface area contributed by atoms with Gasteiger partial charge in [-0.05, 0) is 38.6 Å². The highest BCUT2D eigenvalue weighted by Gasteiger charge is 2.39. The van der Waals surface area contributed by atoms with Crippen molar-refractivity contribution in [1.29, 1.82) is 5.26 Å². The van der Waals surface area contributed by atoms with Crippen LogP contribution in [0.4, 0.5) is 0 Å². The van der Waals surface area contributed by atoms with Gasteiger partial charge in [0.15, 0.2) is 0 Å². The van der Waals surface area contributed by atoms with Gasteiger partial charge >= 0.3 is 0 Å². The molecule has 2 aliphatic carbocycles. The van der Waals surface area contributed by atoms with Gasteiger partial charge in [-0.3, -0.25) is 0 Å². The minimum absolute atomic E-state index is 0.290. The molecule has 3 heteroatoms. The first-order valence-corrected chi connectivity index (χ1v) is 7.47. The molecule has 0 amide bonds. The van der Waals surface area contributed by atoms with Crippen LogP contribution in [0.3, 0.4) is 0 Å². The molecular formula is C15H26N2O. The Kier molecular flexibility index (Phi) is 4.64. The van der Waals surface area contributed by atoms with Crippen molar-refractivity contribution >= 4 is 0 Å². The van der Waals surface area contributed by atoms with E-state index in [9.17, 15) is 5.26 Å². The second-order valence-corrected chi connectivity index (χ2v) is 6.01. The number of ether oxygens (including phenoxy) is 1. The average Bonchev–Trinajstić information content (AvgIpc) is 2.83. The van der Waals surface area contributed by atoms with E-state index in [0.717, 1.165) is 25.2 Å². The van der Waals surface area contributed by atoms with Gasteiger partial charge in [-0.1, -0.05) is 26.2 Å². The minimum atomic E-state index is -0.330. The molecule has 0 aliphatic heterocycles. The fourth-order valence-electron chi connectivity index (χ4n) is 3.51. The van der Waals surface area contributed by atoms with Crippen LogP contribution in [0.2, 0.25) is 0 Å². The van der Waals surface area contributed by atoms with Crippen molar-refractivity contribution in [3.8, 4) is 6.07 Å². The number of hydrogen-bond acceptors (Lipinski definition) is 3. The molecule has 4 unspecified atom stereocenters. The third-order valence-corrected chi connectivity index (χ3v) is 4.86. The zero-order valence-corrected chi connectivity index (χ0v) is 11.7. The van der Waals surface area contributed by atoms with Crippen LogP contribution in [0, 0.1) is 17.2 Å². The third-order valence-electron chi connectivity index (χ3n) is 4.86. The van der Waals surface area contributed by atoms with Crippen LogP contribution in [0.15, 0.2) is 0 Å². The first kappa shape index (κ1) is 13.8. The predicted molar refractivity (Wildman–Crippen MR) is 72.2 cm³/mol. The van der Waals surface area contributed by atoms with Crippen LogP contribution in [0.25, 0.3) is 0 Å². The molecule has 2 saturated carbocycles. The van der Waals surface area contributed by atoms with Crippen molar-refractivity contribution in [3.63, 3.8) is 0 Å². The summed E-state index contributed by atoms with van der Waals surface area (Å²) in [6.07, 6.45) is 9.95. The molecule has 3 nitrogen and oxygen atoms in total. The van der Waals surface area contributed by atoms with E-state index in [1.807, 2.05) is 7.05 Å². The smallest absolute Gasteiger partial charge is 0.109 e. The van der Waals surface area contributed by atoms with Gasteiger partial charge in [0, 0.05) is 6.42 Å². The van der Waals surface area contributed by atoms with Crippen LogP contribution < -0.4 is 5.32 Å². The zero-order chi connectivity index (χ0) is 13.0. The maximum atomic E-state index is 9.25. The Balaban J connectivity index is 1.83. The van der Waals surface area contributed by atoms with Gasteiger partial charge < -0.3 is 10.1 Å². The third kappa shape index (κ3) is 3.05. The normalized spacial score (nSPS) is 40.6. The van der Waals surface area contributed by atoms with E-state index >= 15 is 0 Å². The van der Waals surface area contributed by atoms with E-state index < -0.39 is 0 Å². The molecule has 0 spiro atoms. The predicted octanol–water partition coefficient (Wildman–Crippen LogP) is 3.01. The molecule has 2 fully saturated rings. The second-order valence-electron chi connectivity index (χ2n) is 6.01. The molecule has 0 bridgehead atoms. The fraction of sp³-hybridized carbons (Fsp3) is 0.933. The molecule has 4 atom stereocenters. The molecule has 18 heavy (non-hydrogen) atoms. The van der Waals surface area contributed by atoms with Gasteiger partial charge in [0.05, 0.1) is 18.3 Å². The standard InChI is InChI=1S/C15H26N2O/c1-3-12-5-4-6-13(9-12)18-14-7-8-15(10-14,11-16)17-2/h12-14,17H,3-10H2,1-2H3. The Morgan fingerprint density at radius 3 is 2.78 bits per heavy atom. The number of hydrogen-bond donors (Lipinski definition) is 1. The maximum absolute atomic E-state index is 9.25. The van der Waals surface area contributed by atoms with Crippen LogP contribution in [0.1, 0.15) is 58.3 Å². The molecule has 2 rings (SSSR count). The first-order valence-electron chi connectivity index (χ1n) is 7.47. The Labute approximate surface area is 111 Å². The summed E-state index contributed by atoms with van der Waals surface area (Å²) in [5, 5.41) is 12.4. The summed E-state index contributed by atoms with van der Waals surface area (Å²) in [6.45, 7) is 2.28. The van der Waals surface area contributed by atoms with Crippen LogP contribution in [-0.4, -0.2) is 24.8 Å². The molecule has 1 N–H and O–H groups in total. The quantitative estimate of drug-likeness (QED) is 0.834. The summed E-state index contributed by atoms with van der Waals surface area (Å²) < 4.78 is 6.25. The van der Waals surface area contributed by atoms with Crippen LogP contribution in [0.5, 0.6) is 0 Å².